The summed E-state index contributed by atoms with van der Waals surface area (Å²) < 4.78 is 0. The molecule has 0 bridgehead atoms. The van der Waals surface area contributed by atoms with E-state index in [0.29, 0.717) is 11.3 Å². The molecule has 0 fully saturated rings. The number of aryl methyl sites for hydroxylation is 1. The van der Waals surface area contributed by atoms with E-state index in [1.54, 1.807) is 18.0 Å². The van der Waals surface area contributed by atoms with Gasteiger partial charge >= 0.3 is 0 Å². The van der Waals surface area contributed by atoms with Gasteiger partial charge in [0, 0.05) is 23.7 Å². The third kappa shape index (κ3) is 3.87. The van der Waals surface area contributed by atoms with Gasteiger partial charge in [-0.1, -0.05) is 56.8 Å². The molecule has 0 saturated carbocycles. The van der Waals surface area contributed by atoms with Gasteiger partial charge < -0.3 is 10.3 Å². The van der Waals surface area contributed by atoms with E-state index in [1.165, 1.54) is 11.1 Å². The van der Waals surface area contributed by atoms with Crippen LogP contribution >= 0.6 is 11.8 Å². The minimum Gasteiger partial charge on any atom is -0.340 e. The molecule has 0 aliphatic rings. The van der Waals surface area contributed by atoms with Gasteiger partial charge in [0.05, 0.1) is 0 Å². The Kier molecular flexibility index (Phi) is 5.68. The summed E-state index contributed by atoms with van der Waals surface area (Å²) in [7, 11) is 0. The normalized spacial score (nSPS) is 14.2. The molecule has 0 aliphatic carbocycles. The number of hydrogen-bond acceptors (Lipinski definition) is 3. The first-order valence-corrected chi connectivity index (χ1v) is 8.10. The van der Waals surface area contributed by atoms with Crippen LogP contribution in [0.2, 0.25) is 0 Å². The van der Waals surface area contributed by atoms with Crippen molar-refractivity contribution in [3.05, 3.63) is 47.8 Å². The predicted octanol–water partition coefficient (Wildman–Crippen LogP) is 3.80. The minimum absolute atomic E-state index is 0.334. The topological polar surface area (TPSA) is 40.7 Å². The molecule has 20 heavy (non-hydrogen) atoms. The van der Waals surface area contributed by atoms with Crippen molar-refractivity contribution >= 4 is 11.8 Å². The number of nitrogens with zero attached hydrogens (tertiary/aromatic N) is 1. The largest absolute Gasteiger partial charge is 0.340 e. The monoisotopic (exact) mass is 289 g/mol. The van der Waals surface area contributed by atoms with Crippen molar-refractivity contribution in [2.45, 2.75) is 43.6 Å². The Bertz CT molecular complexity index is 493. The highest BCUT2D eigenvalue weighted by molar-refractivity contribution is 7.99. The highest BCUT2D eigenvalue weighted by Gasteiger charge is 2.20. The van der Waals surface area contributed by atoms with Crippen molar-refractivity contribution in [2.24, 2.45) is 0 Å². The van der Waals surface area contributed by atoms with Gasteiger partial charge in [0.2, 0.25) is 0 Å². The third-order valence-electron chi connectivity index (χ3n) is 3.41. The second kappa shape index (κ2) is 7.50. The van der Waals surface area contributed by atoms with Crippen LogP contribution in [0.1, 0.15) is 37.9 Å². The maximum Gasteiger partial charge on any atom is 0.165 e. The summed E-state index contributed by atoms with van der Waals surface area (Å²) in [6.07, 6.45) is 4.75. The molecule has 3 nitrogen and oxygen atoms in total. The van der Waals surface area contributed by atoms with E-state index in [2.05, 4.69) is 60.3 Å². The van der Waals surface area contributed by atoms with Crippen LogP contribution in [0.25, 0.3) is 0 Å². The zero-order chi connectivity index (χ0) is 14.4. The van der Waals surface area contributed by atoms with Crippen LogP contribution in [0.3, 0.4) is 0 Å². The van der Waals surface area contributed by atoms with Crippen LogP contribution in [-0.2, 0) is 6.42 Å². The molecule has 2 aromatic rings. The lowest BCUT2D eigenvalue weighted by Crippen LogP contribution is -2.28. The number of aromatic amines is 1. The Labute approximate surface area is 125 Å². The van der Waals surface area contributed by atoms with E-state index in [9.17, 15) is 0 Å². The molecule has 2 unspecified atom stereocenters. The summed E-state index contributed by atoms with van der Waals surface area (Å²) in [6, 6.07) is 9.27. The molecule has 0 amide bonds. The van der Waals surface area contributed by atoms with E-state index in [-0.39, 0.29) is 0 Å². The van der Waals surface area contributed by atoms with Crippen LogP contribution < -0.4 is 5.32 Å². The van der Waals surface area contributed by atoms with Gasteiger partial charge in [-0.2, -0.15) is 0 Å². The number of nitrogens with one attached hydrogen (secondary N) is 2. The number of thioether (sulfide) groups is 1. The molecule has 2 atom stereocenters. The Morgan fingerprint density at radius 3 is 2.55 bits per heavy atom. The van der Waals surface area contributed by atoms with Crippen molar-refractivity contribution in [2.75, 3.05) is 6.54 Å². The zero-order valence-electron chi connectivity index (χ0n) is 12.4. The van der Waals surface area contributed by atoms with E-state index < -0.39 is 0 Å². The molecule has 1 aromatic heterocycles. The van der Waals surface area contributed by atoms with E-state index >= 15 is 0 Å². The zero-order valence-corrected chi connectivity index (χ0v) is 13.2. The standard InChI is InChI=1S/C16H23N3S/c1-4-13-6-8-14(9-7-13)15(17-5-2)12(3)20-16-18-10-11-19-16/h6-12,15,17H,4-5H2,1-3H3,(H,18,19). The van der Waals surface area contributed by atoms with Crippen LogP contribution in [0.4, 0.5) is 0 Å². The average molecular weight is 289 g/mol. The SMILES string of the molecule is CCNC(c1ccc(CC)cc1)C(C)Sc1ncc[nH]1. The molecule has 0 radical (unpaired) electrons. The van der Waals surface area contributed by atoms with Gasteiger partial charge in [0.1, 0.15) is 0 Å². The summed E-state index contributed by atoms with van der Waals surface area (Å²) >= 11 is 1.77. The van der Waals surface area contributed by atoms with Crippen molar-refractivity contribution in [3.63, 3.8) is 0 Å². The van der Waals surface area contributed by atoms with Crippen molar-refractivity contribution in [1.82, 2.24) is 15.3 Å². The van der Waals surface area contributed by atoms with Gasteiger partial charge in [0.15, 0.2) is 5.16 Å². The molecule has 0 aliphatic heterocycles. The van der Waals surface area contributed by atoms with Crippen LogP contribution in [0, 0.1) is 0 Å². The number of rotatable bonds is 7. The Hall–Kier alpha value is -1.26. The van der Waals surface area contributed by atoms with Crippen LogP contribution in [0.5, 0.6) is 0 Å². The number of imidazole rings is 1. The number of hydrogen-bond donors (Lipinski definition) is 2. The molecule has 2 rings (SSSR count). The summed E-state index contributed by atoms with van der Waals surface area (Å²) in [5.74, 6) is 0. The quantitative estimate of drug-likeness (QED) is 0.762. The smallest absolute Gasteiger partial charge is 0.165 e. The van der Waals surface area contributed by atoms with E-state index in [0.717, 1.165) is 18.1 Å². The van der Waals surface area contributed by atoms with E-state index in [1.807, 2.05) is 6.20 Å². The molecular formula is C16H23N3S. The first-order valence-electron chi connectivity index (χ1n) is 7.22. The molecule has 2 N–H and O–H groups in total. The molecule has 1 aromatic carbocycles. The Morgan fingerprint density at radius 1 is 1.25 bits per heavy atom. The molecule has 0 spiro atoms. The van der Waals surface area contributed by atoms with Crippen LogP contribution in [0.15, 0.2) is 41.8 Å². The number of H-pyrrole nitrogens is 1. The maximum absolute atomic E-state index is 4.30. The highest BCUT2D eigenvalue weighted by atomic mass is 32.2. The molecule has 108 valence electrons. The highest BCUT2D eigenvalue weighted by Crippen LogP contribution is 2.30. The van der Waals surface area contributed by atoms with Crippen molar-refractivity contribution < 1.29 is 0 Å². The lowest BCUT2D eigenvalue weighted by atomic mass is 10.0. The maximum atomic E-state index is 4.30. The number of benzene rings is 1. The Morgan fingerprint density at radius 2 is 2.00 bits per heavy atom. The van der Waals surface area contributed by atoms with Gasteiger partial charge in [-0.15, -0.1) is 0 Å². The first kappa shape index (κ1) is 15.1. The van der Waals surface area contributed by atoms with Crippen LogP contribution in [-0.4, -0.2) is 21.8 Å². The summed E-state index contributed by atoms with van der Waals surface area (Å²) in [5.41, 5.74) is 2.73. The fourth-order valence-electron chi connectivity index (χ4n) is 2.29. The van der Waals surface area contributed by atoms with Gasteiger partial charge in [0.25, 0.3) is 0 Å². The fraction of sp³-hybridized carbons (Fsp3) is 0.438. The second-order valence-electron chi connectivity index (χ2n) is 4.85. The van der Waals surface area contributed by atoms with Crippen molar-refractivity contribution in [1.29, 1.82) is 0 Å². The lowest BCUT2D eigenvalue weighted by Gasteiger charge is -2.24. The molecular weight excluding hydrogens is 266 g/mol. The molecule has 0 saturated heterocycles. The second-order valence-corrected chi connectivity index (χ2v) is 6.21. The predicted molar refractivity (Wildman–Crippen MR) is 86.1 cm³/mol. The average Bonchev–Trinajstić information content (AvgIpc) is 2.97. The molecule has 1 heterocycles. The third-order valence-corrected chi connectivity index (χ3v) is 4.50. The Balaban J connectivity index is 2.11. The van der Waals surface area contributed by atoms with E-state index in [4.69, 9.17) is 0 Å². The summed E-state index contributed by atoms with van der Waals surface area (Å²) in [4.78, 5) is 7.46. The molecule has 4 heteroatoms. The lowest BCUT2D eigenvalue weighted by molar-refractivity contribution is 0.547. The summed E-state index contributed by atoms with van der Waals surface area (Å²) in [6.45, 7) is 7.54. The first-order chi connectivity index (χ1) is 9.74. The summed E-state index contributed by atoms with van der Waals surface area (Å²) in [5, 5.41) is 4.97. The van der Waals surface area contributed by atoms with Gasteiger partial charge in [-0.05, 0) is 24.1 Å². The van der Waals surface area contributed by atoms with Gasteiger partial charge in [-0.25, -0.2) is 4.98 Å². The number of aromatic nitrogens is 2. The van der Waals surface area contributed by atoms with Gasteiger partial charge in [-0.3, -0.25) is 0 Å². The minimum atomic E-state index is 0.334. The van der Waals surface area contributed by atoms with Crippen molar-refractivity contribution in [3.8, 4) is 0 Å². The fourth-order valence-corrected chi connectivity index (χ4v) is 3.29.